The highest BCUT2D eigenvalue weighted by molar-refractivity contribution is 5.72. The fraction of sp³-hybridized carbons (Fsp3) is 0.889. The number of ether oxygens (including phenoxy) is 1. The molecular formula is C9H18FNO2. The summed E-state index contributed by atoms with van der Waals surface area (Å²) in [6, 6.07) is 0. The molecule has 0 aromatic rings. The molecule has 3 nitrogen and oxygen atoms in total. The normalized spacial score (nSPS) is 13.9. The molecule has 1 N–H and O–H groups in total. The first kappa shape index (κ1) is 12.4. The van der Waals surface area contributed by atoms with Gasteiger partial charge < -0.3 is 10.1 Å². The fourth-order valence-corrected chi connectivity index (χ4v) is 0.751. The van der Waals surface area contributed by atoms with Crippen LogP contribution in [0.3, 0.4) is 0 Å². The van der Waals surface area contributed by atoms with Crippen LogP contribution in [-0.2, 0) is 9.53 Å². The Hall–Kier alpha value is -0.640. The van der Waals surface area contributed by atoms with Crippen LogP contribution in [0, 0.1) is 0 Å². The van der Waals surface area contributed by atoms with Crippen molar-refractivity contribution in [2.75, 3.05) is 13.1 Å². The van der Waals surface area contributed by atoms with Gasteiger partial charge in [0.2, 0.25) is 0 Å². The maximum absolute atomic E-state index is 12.3. The zero-order chi connectivity index (χ0) is 10.5. The minimum atomic E-state index is -0.942. The van der Waals surface area contributed by atoms with E-state index in [1.165, 1.54) is 6.92 Å². The van der Waals surface area contributed by atoms with Gasteiger partial charge in [0.1, 0.15) is 11.8 Å². The molecule has 78 valence electrons. The number of hydrogen-bond donors (Lipinski definition) is 1. The molecule has 0 bridgehead atoms. The molecular weight excluding hydrogens is 173 g/mol. The summed E-state index contributed by atoms with van der Waals surface area (Å²) in [6.45, 7) is 7.06. The molecule has 1 unspecified atom stereocenters. The Morgan fingerprint density at radius 2 is 2.08 bits per heavy atom. The average molecular weight is 191 g/mol. The van der Waals surface area contributed by atoms with Crippen LogP contribution < -0.4 is 5.32 Å². The van der Waals surface area contributed by atoms with Gasteiger partial charge in [0.25, 0.3) is 0 Å². The molecule has 0 aliphatic carbocycles. The van der Waals surface area contributed by atoms with Crippen molar-refractivity contribution < 1.29 is 13.9 Å². The Balaban J connectivity index is 3.53. The third kappa shape index (κ3) is 9.27. The van der Waals surface area contributed by atoms with Crippen LogP contribution in [-0.4, -0.2) is 30.8 Å². The third-order valence-electron chi connectivity index (χ3n) is 1.11. The lowest BCUT2D eigenvalue weighted by molar-refractivity contribution is -0.153. The summed E-state index contributed by atoms with van der Waals surface area (Å²) in [4.78, 5) is 11.0. The van der Waals surface area contributed by atoms with Crippen LogP contribution in [0.4, 0.5) is 4.39 Å². The first-order valence-electron chi connectivity index (χ1n) is 4.38. The summed E-state index contributed by atoms with van der Waals surface area (Å²) in [5.41, 5.74) is -0.472. The fourth-order valence-electron chi connectivity index (χ4n) is 0.751. The number of nitrogens with one attached hydrogen (secondary N) is 1. The van der Waals surface area contributed by atoms with Crippen LogP contribution in [0.25, 0.3) is 0 Å². The lowest BCUT2D eigenvalue weighted by Gasteiger charge is -2.19. The van der Waals surface area contributed by atoms with E-state index < -0.39 is 11.8 Å². The smallest absolute Gasteiger partial charge is 0.320 e. The quantitative estimate of drug-likeness (QED) is 0.680. The highest BCUT2D eigenvalue weighted by atomic mass is 19.1. The van der Waals surface area contributed by atoms with Gasteiger partial charge in [-0.3, -0.25) is 4.79 Å². The van der Waals surface area contributed by atoms with Crippen molar-refractivity contribution in [3.05, 3.63) is 0 Å². The molecule has 0 saturated carbocycles. The number of hydrogen-bond acceptors (Lipinski definition) is 3. The number of rotatable bonds is 4. The summed E-state index contributed by atoms with van der Waals surface area (Å²) in [6.07, 6.45) is -0.942. The molecule has 0 aliphatic heterocycles. The van der Waals surface area contributed by atoms with E-state index in [0.29, 0.717) is 0 Å². The van der Waals surface area contributed by atoms with E-state index in [9.17, 15) is 9.18 Å². The van der Waals surface area contributed by atoms with E-state index in [4.69, 9.17) is 4.74 Å². The number of esters is 1. The molecule has 0 fully saturated rings. The zero-order valence-electron chi connectivity index (χ0n) is 8.69. The van der Waals surface area contributed by atoms with Crippen LogP contribution in [0.1, 0.15) is 27.7 Å². The molecule has 0 radical (unpaired) electrons. The first-order valence-corrected chi connectivity index (χ1v) is 4.38. The monoisotopic (exact) mass is 191 g/mol. The van der Waals surface area contributed by atoms with Gasteiger partial charge in [0.05, 0.1) is 6.54 Å². The van der Waals surface area contributed by atoms with Gasteiger partial charge in [-0.2, -0.15) is 0 Å². The average Bonchev–Trinajstić information content (AvgIpc) is 1.81. The number of carbonyl (C=O) groups excluding carboxylic acids is 1. The number of halogens is 1. The predicted molar refractivity (Wildman–Crippen MR) is 49.3 cm³/mol. The Bertz CT molecular complexity index is 163. The van der Waals surface area contributed by atoms with E-state index in [2.05, 4.69) is 5.32 Å². The zero-order valence-corrected chi connectivity index (χ0v) is 8.69. The largest absolute Gasteiger partial charge is 0.459 e. The van der Waals surface area contributed by atoms with Gasteiger partial charge in [0.15, 0.2) is 0 Å². The van der Waals surface area contributed by atoms with Crippen molar-refractivity contribution in [3.8, 4) is 0 Å². The van der Waals surface area contributed by atoms with E-state index in [0.717, 1.165) is 0 Å². The number of alkyl halides is 1. The summed E-state index contributed by atoms with van der Waals surface area (Å²) in [5, 5.41) is 2.66. The van der Waals surface area contributed by atoms with Crippen molar-refractivity contribution in [1.82, 2.24) is 5.32 Å². The maximum Gasteiger partial charge on any atom is 0.320 e. The summed E-state index contributed by atoms with van der Waals surface area (Å²) in [7, 11) is 0. The van der Waals surface area contributed by atoms with Gasteiger partial charge in [-0.25, -0.2) is 4.39 Å². The molecule has 0 aromatic carbocycles. The van der Waals surface area contributed by atoms with Crippen molar-refractivity contribution in [2.24, 2.45) is 0 Å². The second-order valence-electron chi connectivity index (χ2n) is 4.00. The van der Waals surface area contributed by atoms with E-state index >= 15 is 0 Å². The van der Waals surface area contributed by atoms with E-state index in [-0.39, 0.29) is 19.1 Å². The standard InChI is InChI=1S/C9H18FNO2/c1-7(10)5-11-6-8(12)13-9(2,3)4/h7,11H,5-6H2,1-4H3. The molecule has 0 aliphatic rings. The second kappa shape index (κ2) is 5.17. The highest BCUT2D eigenvalue weighted by Crippen LogP contribution is 2.06. The first-order chi connectivity index (χ1) is 5.81. The van der Waals surface area contributed by atoms with Crippen LogP contribution in [0.15, 0.2) is 0 Å². The Kier molecular flexibility index (Phi) is 4.91. The van der Waals surface area contributed by atoms with Gasteiger partial charge in [-0.15, -0.1) is 0 Å². The minimum absolute atomic E-state index is 0.0610. The van der Waals surface area contributed by atoms with Gasteiger partial charge in [-0.1, -0.05) is 0 Å². The summed E-state index contributed by atoms with van der Waals surface area (Å²) >= 11 is 0. The van der Waals surface area contributed by atoms with Crippen molar-refractivity contribution in [3.63, 3.8) is 0 Å². The number of carbonyl (C=O) groups is 1. The molecule has 0 spiro atoms. The Morgan fingerprint density at radius 1 is 1.54 bits per heavy atom. The second-order valence-corrected chi connectivity index (χ2v) is 4.00. The Morgan fingerprint density at radius 3 is 2.46 bits per heavy atom. The molecule has 0 amide bonds. The molecule has 0 saturated heterocycles. The molecule has 0 aromatic heterocycles. The Labute approximate surface area is 78.6 Å². The van der Waals surface area contributed by atoms with Gasteiger partial charge in [-0.05, 0) is 27.7 Å². The summed E-state index contributed by atoms with van der Waals surface area (Å²) < 4.78 is 17.3. The SMILES string of the molecule is CC(F)CNCC(=O)OC(C)(C)C. The van der Waals surface area contributed by atoms with Gasteiger partial charge in [0, 0.05) is 6.54 Å². The molecule has 0 heterocycles. The molecule has 1 atom stereocenters. The van der Waals surface area contributed by atoms with Crippen molar-refractivity contribution >= 4 is 5.97 Å². The summed E-state index contributed by atoms with van der Waals surface area (Å²) in [5.74, 6) is -0.354. The highest BCUT2D eigenvalue weighted by Gasteiger charge is 2.15. The molecule has 4 heteroatoms. The lowest BCUT2D eigenvalue weighted by Crippen LogP contribution is -2.33. The van der Waals surface area contributed by atoms with E-state index in [1.807, 2.05) is 0 Å². The molecule has 13 heavy (non-hydrogen) atoms. The van der Waals surface area contributed by atoms with Crippen molar-refractivity contribution in [2.45, 2.75) is 39.5 Å². The predicted octanol–water partition coefficient (Wildman–Crippen LogP) is 1.28. The minimum Gasteiger partial charge on any atom is -0.459 e. The van der Waals surface area contributed by atoms with Crippen LogP contribution in [0.5, 0.6) is 0 Å². The third-order valence-corrected chi connectivity index (χ3v) is 1.11. The molecule has 0 rings (SSSR count). The topological polar surface area (TPSA) is 38.3 Å². The van der Waals surface area contributed by atoms with Crippen LogP contribution in [0.2, 0.25) is 0 Å². The van der Waals surface area contributed by atoms with Gasteiger partial charge >= 0.3 is 5.97 Å². The van der Waals surface area contributed by atoms with Crippen molar-refractivity contribution in [1.29, 1.82) is 0 Å². The van der Waals surface area contributed by atoms with E-state index in [1.54, 1.807) is 20.8 Å². The lowest BCUT2D eigenvalue weighted by atomic mass is 10.2. The van der Waals surface area contributed by atoms with Crippen LogP contribution >= 0.6 is 0 Å². The maximum atomic E-state index is 12.3.